The van der Waals surface area contributed by atoms with Crippen molar-refractivity contribution in [2.24, 2.45) is 0 Å². The van der Waals surface area contributed by atoms with Gasteiger partial charge in [-0.25, -0.2) is 4.98 Å². The Kier molecular flexibility index (Phi) is 6.05. The minimum atomic E-state index is 0.419. The molecule has 4 nitrogen and oxygen atoms in total. The molecule has 0 bridgehead atoms. The van der Waals surface area contributed by atoms with Crippen LogP contribution in [0.5, 0.6) is 5.75 Å². The number of unbranched alkanes of at least 4 members (excludes halogenated alkanes) is 1. The zero-order chi connectivity index (χ0) is 15.1. The van der Waals surface area contributed by atoms with Crippen LogP contribution in [-0.4, -0.2) is 21.9 Å². The van der Waals surface area contributed by atoms with Gasteiger partial charge in [0, 0.05) is 11.6 Å². The lowest BCUT2D eigenvalue weighted by molar-refractivity contribution is 0.395. The van der Waals surface area contributed by atoms with Crippen LogP contribution in [0.15, 0.2) is 30.9 Å². The van der Waals surface area contributed by atoms with Gasteiger partial charge < -0.3 is 4.74 Å². The van der Waals surface area contributed by atoms with Crippen molar-refractivity contribution in [3.63, 3.8) is 0 Å². The summed E-state index contributed by atoms with van der Waals surface area (Å²) in [6.45, 7) is 3.06. The van der Waals surface area contributed by atoms with E-state index < -0.39 is 0 Å². The molecule has 2 aromatic rings. The van der Waals surface area contributed by atoms with Crippen molar-refractivity contribution in [2.75, 3.05) is 7.11 Å². The largest absolute Gasteiger partial charge is 0.496 e. The zero-order valence-corrected chi connectivity index (χ0v) is 13.4. The summed E-state index contributed by atoms with van der Waals surface area (Å²) in [7, 11) is 1.71. The fraction of sp³-hybridized carbons (Fsp3) is 0.500. The number of aryl methyl sites for hydroxylation is 1. The second-order valence-corrected chi connectivity index (χ2v) is 5.61. The first-order chi connectivity index (χ1) is 10.2. The highest BCUT2D eigenvalue weighted by molar-refractivity contribution is 6.30. The van der Waals surface area contributed by atoms with Gasteiger partial charge in [-0.15, -0.1) is 0 Å². The molecule has 0 radical (unpaired) electrons. The highest BCUT2D eigenvalue weighted by atomic mass is 35.5. The number of hydrogen-bond acceptors (Lipinski definition) is 3. The van der Waals surface area contributed by atoms with Gasteiger partial charge in [-0.2, -0.15) is 5.10 Å². The number of rotatable bonds is 8. The minimum absolute atomic E-state index is 0.419. The molecule has 1 aromatic heterocycles. The zero-order valence-electron chi connectivity index (χ0n) is 12.6. The van der Waals surface area contributed by atoms with Gasteiger partial charge in [-0.3, -0.25) is 4.68 Å². The first kappa shape index (κ1) is 15.8. The third kappa shape index (κ3) is 4.46. The number of methoxy groups -OCH3 is 1. The van der Waals surface area contributed by atoms with Crippen molar-refractivity contribution in [3.05, 3.63) is 41.4 Å². The van der Waals surface area contributed by atoms with Crippen LogP contribution < -0.4 is 4.74 Å². The molecule has 0 fully saturated rings. The fourth-order valence-electron chi connectivity index (χ4n) is 2.57. The molecule has 0 saturated carbocycles. The van der Waals surface area contributed by atoms with Crippen LogP contribution >= 0.6 is 11.6 Å². The molecule has 1 atom stereocenters. The molecule has 1 unspecified atom stereocenters. The van der Waals surface area contributed by atoms with Gasteiger partial charge in [0.25, 0.3) is 0 Å². The van der Waals surface area contributed by atoms with Gasteiger partial charge in [0.1, 0.15) is 18.4 Å². The van der Waals surface area contributed by atoms with Gasteiger partial charge in [0.15, 0.2) is 0 Å². The highest BCUT2D eigenvalue weighted by Crippen LogP contribution is 2.35. The normalized spacial score (nSPS) is 12.3. The van der Waals surface area contributed by atoms with E-state index in [0.29, 0.717) is 5.92 Å². The summed E-state index contributed by atoms with van der Waals surface area (Å²) in [6.07, 6.45) is 7.83. The first-order valence-electron chi connectivity index (χ1n) is 7.40. The van der Waals surface area contributed by atoms with Crippen molar-refractivity contribution < 1.29 is 4.74 Å². The summed E-state index contributed by atoms with van der Waals surface area (Å²) in [4.78, 5) is 3.99. The molecule has 1 aromatic carbocycles. The Balaban J connectivity index is 2.16. The van der Waals surface area contributed by atoms with E-state index in [-0.39, 0.29) is 0 Å². The van der Waals surface area contributed by atoms with Crippen LogP contribution in [-0.2, 0) is 6.54 Å². The summed E-state index contributed by atoms with van der Waals surface area (Å²) in [5, 5.41) is 4.93. The molecule has 114 valence electrons. The molecule has 21 heavy (non-hydrogen) atoms. The quantitative estimate of drug-likeness (QED) is 0.730. The van der Waals surface area contributed by atoms with Gasteiger partial charge in [-0.1, -0.05) is 31.4 Å². The maximum absolute atomic E-state index is 6.17. The lowest BCUT2D eigenvalue weighted by Crippen LogP contribution is -2.07. The molecule has 0 aliphatic heterocycles. The summed E-state index contributed by atoms with van der Waals surface area (Å²) >= 11 is 6.17. The maximum atomic E-state index is 6.17. The number of aromatic nitrogens is 3. The summed E-state index contributed by atoms with van der Waals surface area (Å²) in [5.41, 5.74) is 1.19. The third-order valence-corrected chi connectivity index (χ3v) is 3.95. The maximum Gasteiger partial charge on any atom is 0.137 e. The Morgan fingerprint density at radius 1 is 1.33 bits per heavy atom. The molecule has 0 aliphatic rings. The van der Waals surface area contributed by atoms with Crippen LogP contribution in [0.25, 0.3) is 0 Å². The Bertz CT molecular complexity index is 542. The molecule has 0 spiro atoms. The topological polar surface area (TPSA) is 39.9 Å². The second-order valence-electron chi connectivity index (χ2n) is 5.17. The van der Waals surface area contributed by atoms with E-state index in [1.807, 2.05) is 22.9 Å². The van der Waals surface area contributed by atoms with Gasteiger partial charge in [-0.05, 0) is 42.5 Å². The van der Waals surface area contributed by atoms with Crippen molar-refractivity contribution in [1.82, 2.24) is 14.8 Å². The predicted molar refractivity (Wildman–Crippen MR) is 84.9 cm³/mol. The van der Waals surface area contributed by atoms with Crippen LogP contribution in [0.4, 0.5) is 0 Å². The number of nitrogens with zero attached hydrogens (tertiary/aromatic N) is 3. The monoisotopic (exact) mass is 307 g/mol. The van der Waals surface area contributed by atoms with Gasteiger partial charge in [0.2, 0.25) is 0 Å². The van der Waals surface area contributed by atoms with E-state index in [2.05, 4.69) is 17.0 Å². The van der Waals surface area contributed by atoms with E-state index >= 15 is 0 Å². The van der Waals surface area contributed by atoms with Crippen molar-refractivity contribution >= 4 is 11.6 Å². The standard InChI is InChI=1S/C16H22ClN3O/c1-3-4-5-13(8-9-20-12-18-11-19-20)15-10-14(17)6-7-16(15)21-2/h6-7,10-13H,3-5,8-9H2,1-2H3. The summed E-state index contributed by atoms with van der Waals surface area (Å²) < 4.78 is 7.38. The second kappa shape index (κ2) is 8.03. The first-order valence-corrected chi connectivity index (χ1v) is 7.78. The van der Waals surface area contributed by atoms with E-state index in [0.717, 1.165) is 30.2 Å². The van der Waals surface area contributed by atoms with Crippen molar-refractivity contribution in [1.29, 1.82) is 0 Å². The van der Waals surface area contributed by atoms with E-state index in [1.165, 1.54) is 18.4 Å². The molecule has 0 saturated heterocycles. The molecular formula is C16H22ClN3O. The third-order valence-electron chi connectivity index (χ3n) is 3.71. The van der Waals surface area contributed by atoms with Gasteiger partial charge in [0.05, 0.1) is 7.11 Å². The Hall–Kier alpha value is -1.55. The molecule has 0 aliphatic carbocycles. The molecular weight excluding hydrogens is 286 g/mol. The SMILES string of the molecule is CCCCC(CCn1cncn1)c1cc(Cl)ccc1OC. The van der Waals surface area contributed by atoms with Crippen LogP contribution in [0.2, 0.25) is 5.02 Å². The average Bonchev–Trinajstić information content (AvgIpc) is 3.01. The summed E-state index contributed by atoms with van der Waals surface area (Å²) in [5.74, 6) is 1.34. The number of ether oxygens (including phenoxy) is 1. The molecule has 1 heterocycles. The van der Waals surface area contributed by atoms with Gasteiger partial charge >= 0.3 is 0 Å². The smallest absolute Gasteiger partial charge is 0.137 e. The highest BCUT2D eigenvalue weighted by Gasteiger charge is 2.16. The average molecular weight is 308 g/mol. The molecule has 0 N–H and O–H groups in total. The minimum Gasteiger partial charge on any atom is -0.496 e. The van der Waals surface area contributed by atoms with Crippen molar-refractivity contribution in [3.8, 4) is 5.75 Å². The summed E-state index contributed by atoms with van der Waals surface area (Å²) in [6, 6.07) is 5.85. The Labute approximate surface area is 131 Å². The lowest BCUT2D eigenvalue weighted by atomic mass is 9.90. The van der Waals surface area contributed by atoms with Crippen molar-refractivity contribution in [2.45, 2.75) is 45.1 Å². The number of benzene rings is 1. The van der Waals surface area contributed by atoms with Crippen LogP contribution in [0, 0.1) is 0 Å². The Morgan fingerprint density at radius 3 is 2.86 bits per heavy atom. The Morgan fingerprint density at radius 2 is 2.19 bits per heavy atom. The molecule has 5 heteroatoms. The lowest BCUT2D eigenvalue weighted by Gasteiger charge is -2.20. The van der Waals surface area contributed by atoms with Crippen LogP contribution in [0.3, 0.4) is 0 Å². The van der Waals surface area contributed by atoms with E-state index in [9.17, 15) is 0 Å². The predicted octanol–water partition coefficient (Wildman–Crippen LogP) is 4.30. The van der Waals surface area contributed by atoms with E-state index in [1.54, 1.807) is 19.8 Å². The number of halogens is 1. The molecule has 0 amide bonds. The molecule has 2 rings (SSSR count). The number of hydrogen-bond donors (Lipinski definition) is 0. The van der Waals surface area contributed by atoms with Crippen LogP contribution in [0.1, 0.15) is 44.1 Å². The van der Waals surface area contributed by atoms with E-state index in [4.69, 9.17) is 16.3 Å². The fourth-order valence-corrected chi connectivity index (χ4v) is 2.75.